The molecule has 0 aromatic heterocycles. The SMILES string of the molecule is C=CCO[C@@H]1O[C@H](CO)[C@H](OC)[C@H](O)[C@H]1O[C@@H]1O[C@@H](C)[C@@H](O)[C@@H](O)[C@@H]1O. The number of hydrogen-bond donors (Lipinski definition) is 5. The van der Waals surface area contributed by atoms with Crippen LogP contribution in [0.5, 0.6) is 0 Å². The Balaban J connectivity index is 2.17. The lowest BCUT2D eigenvalue weighted by molar-refractivity contribution is -0.364. The van der Waals surface area contributed by atoms with Crippen molar-refractivity contribution in [2.45, 2.75) is 68.3 Å². The van der Waals surface area contributed by atoms with E-state index in [1.165, 1.54) is 20.1 Å². The lowest BCUT2D eigenvalue weighted by Crippen LogP contribution is -2.64. The van der Waals surface area contributed by atoms with Gasteiger partial charge in [0, 0.05) is 7.11 Å². The lowest BCUT2D eigenvalue weighted by atomic mass is 9.97. The maximum Gasteiger partial charge on any atom is 0.187 e. The summed E-state index contributed by atoms with van der Waals surface area (Å²) in [6, 6.07) is 0. The van der Waals surface area contributed by atoms with E-state index < -0.39 is 68.0 Å². The summed E-state index contributed by atoms with van der Waals surface area (Å²) in [5, 5.41) is 49.8. The van der Waals surface area contributed by atoms with Crippen LogP contribution in [0.25, 0.3) is 0 Å². The first-order valence-corrected chi connectivity index (χ1v) is 8.40. The third-order valence-electron chi connectivity index (χ3n) is 4.55. The molecule has 26 heavy (non-hydrogen) atoms. The van der Waals surface area contributed by atoms with Gasteiger partial charge in [0.1, 0.15) is 42.7 Å². The van der Waals surface area contributed by atoms with E-state index in [-0.39, 0.29) is 6.61 Å². The van der Waals surface area contributed by atoms with Gasteiger partial charge in [0.15, 0.2) is 12.6 Å². The minimum absolute atomic E-state index is 0.0822. The number of ether oxygens (including phenoxy) is 5. The van der Waals surface area contributed by atoms with Crippen LogP contribution in [0, 0.1) is 0 Å². The molecule has 0 spiro atoms. The van der Waals surface area contributed by atoms with Crippen molar-refractivity contribution in [2.75, 3.05) is 20.3 Å². The first kappa shape index (κ1) is 21.6. The van der Waals surface area contributed by atoms with Crippen molar-refractivity contribution in [2.24, 2.45) is 0 Å². The van der Waals surface area contributed by atoms with Gasteiger partial charge in [-0.2, -0.15) is 0 Å². The largest absolute Gasteiger partial charge is 0.394 e. The van der Waals surface area contributed by atoms with Crippen molar-refractivity contribution in [1.29, 1.82) is 0 Å². The summed E-state index contributed by atoms with van der Waals surface area (Å²) in [6.07, 6.45) is -10.3. The maximum atomic E-state index is 10.6. The standard InChI is InChI=1S/C16H28O10/c1-4-5-23-16-14(12(21)13(22-3)8(6-17)25-16)26-15-11(20)10(19)9(18)7(2)24-15/h4,7-21H,1,5-6H2,2-3H3/t7-,8+,9+,10+,11-,12-,13-,14+,15-,16+/m0/s1. The molecule has 2 rings (SSSR count). The molecule has 2 saturated heterocycles. The zero-order valence-corrected chi connectivity index (χ0v) is 14.7. The molecule has 10 atom stereocenters. The minimum atomic E-state index is -1.55. The summed E-state index contributed by atoms with van der Waals surface area (Å²) in [7, 11) is 1.34. The molecule has 152 valence electrons. The number of methoxy groups -OCH3 is 1. The molecule has 2 heterocycles. The van der Waals surface area contributed by atoms with Gasteiger partial charge in [-0.15, -0.1) is 6.58 Å². The molecule has 2 fully saturated rings. The molecule has 0 amide bonds. The molecule has 0 radical (unpaired) electrons. The van der Waals surface area contributed by atoms with Crippen LogP contribution in [-0.4, -0.2) is 107 Å². The van der Waals surface area contributed by atoms with Gasteiger partial charge in [-0.05, 0) is 6.92 Å². The number of rotatable bonds is 7. The topological polar surface area (TPSA) is 147 Å². The van der Waals surface area contributed by atoms with E-state index in [1.807, 2.05) is 0 Å². The van der Waals surface area contributed by atoms with E-state index in [0.29, 0.717) is 0 Å². The van der Waals surface area contributed by atoms with Gasteiger partial charge < -0.3 is 49.2 Å². The zero-order valence-electron chi connectivity index (χ0n) is 14.7. The number of hydrogen-bond acceptors (Lipinski definition) is 10. The molecule has 0 aromatic carbocycles. The molecule has 10 nitrogen and oxygen atoms in total. The van der Waals surface area contributed by atoms with Crippen molar-refractivity contribution >= 4 is 0 Å². The Morgan fingerprint density at radius 1 is 0.962 bits per heavy atom. The van der Waals surface area contributed by atoms with Gasteiger partial charge in [0.25, 0.3) is 0 Å². The number of aliphatic hydroxyl groups excluding tert-OH is 5. The molecule has 2 aliphatic rings. The lowest BCUT2D eigenvalue weighted by Gasteiger charge is -2.46. The maximum absolute atomic E-state index is 10.6. The molecule has 0 bridgehead atoms. The third kappa shape index (κ3) is 4.42. The predicted octanol–water partition coefficient (Wildman–Crippen LogP) is -2.51. The zero-order chi connectivity index (χ0) is 19.4. The second-order valence-corrected chi connectivity index (χ2v) is 6.32. The summed E-state index contributed by atoms with van der Waals surface area (Å²) in [5.41, 5.74) is 0. The van der Waals surface area contributed by atoms with Gasteiger partial charge in [0.2, 0.25) is 0 Å². The summed E-state index contributed by atoms with van der Waals surface area (Å²) >= 11 is 0. The van der Waals surface area contributed by atoms with E-state index in [2.05, 4.69) is 6.58 Å². The van der Waals surface area contributed by atoms with Crippen molar-refractivity contribution in [3.8, 4) is 0 Å². The third-order valence-corrected chi connectivity index (χ3v) is 4.55. The Labute approximate surface area is 151 Å². The number of aliphatic hydroxyl groups is 5. The van der Waals surface area contributed by atoms with Crippen LogP contribution >= 0.6 is 0 Å². The highest BCUT2D eigenvalue weighted by atomic mass is 16.8. The monoisotopic (exact) mass is 380 g/mol. The van der Waals surface area contributed by atoms with Crippen LogP contribution in [0.15, 0.2) is 12.7 Å². The quantitative estimate of drug-likeness (QED) is 0.300. The molecule has 5 N–H and O–H groups in total. The van der Waals surface area contributed by atoms with E-state index in [9.17, 15) is 25.5 Å². The normalized spacial score (nSPS) is 46.9. The molecule has 0 aromatic rings. The smallest absolute Gasteiger partial charge is 0.187 e. The average Bonchev–Trinajstić information content (AvgIpc) is 2.64. The molecule has 0 saturated carbocycles. The highest BCUT2D eigenvalue weighted by Gasteiger charge is 2.50. The van der Waals surface area contributed by atoms with Crippen molar-refractivity contribution in [3.63, 3.8) is 0 Å². The van der Waals surface area contributed by atoms with Crippen LogP contribution < -0.4 is 0 Å². The Kier molecular flexibility index (Phi) is 7.91. The van der Waals surface area contributed by atoms with E-state index in [4.69, 9.17) is 23.7 Å². The second-order valence-electron chi connectivity index (χ2n) is 6.32. The van der Waals surface area contributed by atoms with Gasteiger partial charge in [0.05, 0.1) is 19.3 Å². The van der Waals surface area contributed by atoms with Crippen LogP contribution in [-0.2, 0) is 23.7 Å². The Hall–Kier alpha value is -0.660. The van der Waals surface area contributed by atoms with Gasteiger partial charge >= 0.3 is 0 Å². The summed E-state index contributed by atoms with van der Waals surface area (Å²) in [5.74, 6) is 0. The average molecular weight is 380 g/mol. The minimum Gasteiger partial charge on any atom is -0.394 e. The van der Waals surface area contributed by atoms with Gasteiger partial charge in [-0.1, -0.05) is 6.08 Å². The summed E-state index contributed by atoms with van der Waals surface area (Å²) in [6.45, 7) is 4.71. The van der Waals surface area contributed by atoms with Gasteiger partial charge in [-0.25, -0.2) is 0 Å². The highest BCUT2D eigenvalue weighted by Crippen LogP contribution is 2.30. The predicted molar refractivity (Wildman–Crippen MR) is 85.9 cm³/mol. The first-order valence-electron chi connectivity index (χ1n) is 8.40. The molecule has 0 aliphatic carbocycles. The Morgan fingerprint density at radius 2 is 1.65 bits per heavy atom. The molecule has 10 heteroatoms. The van der Waals surface area contributed by atoms with Gasteiger partial charge in [-0.3, -0.25) is 0 Å². The summed E-state index contributed by atoms with van der Waals surface area (Å²) in [4.78, 5) is 0. The molecule has 2 aliphatic heterocycles. The fourth-order valence-electron chi connectivity index (χ4n) is 3.06. The molecular weight excluding hydrogens is 352 g/mol. The van der Waals surface area contributed by atoms with E-state index in [0.717, 1.165) is 0 Å². The van der Waals surface area contributed by atoms with Crippen molar-refractivity contribution in [1.82, 2.24) is 0 Å². The fraction of sp³-hybridized carbons (Fsp3) is 0.875. The second kappa shape index (κ2) is 9.51. The molecular formula is C16H28O10. The highest BCUT2D eigenvalue weighted by molar-refractivity contribution is 4.94. The fourth-order valence-corrected chi connectivity index (χ4v) is 3.06. The van der Waals surface area contributed by atoms with Crippen LogP contribution in [0.1, 0.15) is 6.92 Å². The van der Waals surface area contributed by atoms with Crippen molar-refractivity contribution < 1.29 is 49.2 Å². The molecule has 0 unspecified atom stereocenters. The van der Waals surface area contributed by atoms with E-state index in [1.54, 1.807) is 0 Å². The van der Waals surface area contributed by atoms with Crippen LogP contribution in [0.4, 0.5) is 0 Å². The Bertz CT molecular complexity index is 449. The van der Waals surface area contributed by atoms with Crippen LogP contribution in [0.2, 0.25) is 0 Å². The first-order chi connectivity index (χ1) is 12.3. The summed E-state index contributed by atoms with van der Waals surface area (Å²) < 4.78 is 27.3. The van der Waals surface area contributed by atoms with Crippen LogP contribution in [0.3, 0.4) is 0 Å². The van der Waals surface area contributed by atoms with E-state index >= 15 is 0 Å². The Morgan fingerprint density at radius 3 is 2.23 bits per heavy atom. The van der Waals surface area contributed by atoms with Crippen molar-refractivity contribution in [3.05, 3.63) is 12.7 Å².